The van der Waals surface area contributed by atoms with Crippen molar-refractivity contribution in [3.05, 3.63) is 0 Å². The van der Waals surface area contributed by atoms with Crippen LogP contribution in [0.1, 0.15) is 60.8 Å². The first kappa shape index (κ1) is 16.5. The highest BCUT2D eigenvalue weighted by atomic mass is 16.2. The van der Waals surface area contributed by atoms with Crippen molar-refractivity contribution in [2.45, 2.75) is 66.3 Å². The van der Waals surface area contributed by atoms with Crippen molar-refractivity contribution in [1.82, 2.24) is 4.90 Å². The molecule has 1 atom stereocenters. The van der Waals surface area contributed by atoms with Gasteiger partial charge in [0.1, 0.15) is 0 Å². The van der Waals surface area contributed by atoms with Gasteiger partial charge in [0, 0.05) is 18.6 Å². The minimum absolute atomic E-state index is 0.212. The van der Waals surface area contributed by atoms with E-state index in [-0.39, 0.29) is 5.91 Å². The molecule has 1 heterocycles. The summed E-state index contributed by atoms with van der Waals surface area (Å²) in [6.07, 6.45) is 3.49. The van der Waals surface area contributed by atoms with Gasteiger partial charge in [0.05, 0.1) is 5.41 Å². The van der Waals surface area contributed by atoms with Crippen LogP contribution in [0.4, 0.5) is 0 Å². The van der Waals surface area contributed by atoms with Crippen LogP contribution in [0.3, 0.4) is 0 Å². The molecule has 0 bridgehead atoms. The molecule has 112 valence electrons. The van der Waals surface area contributed by atoms with Crippen LogP contribution in [0.2, 0.25) is 0 Å². The van der Waals surface area contributed by atoms with Gasteiger partial charge in [-0.2, -0.15) is 0 Å². The third-order valence-corrected chi connectivity index (χ3v) is 5.15. The van der Waals surface area contributed by atoms with Gasteiger partial charge in [-0.1, -0.05) is 13.8 Å². The van der Waals surface area contributed by atoms with E-state index in [0.717, 1.165) is 31.8 Å². The van der Waals surface area contributed by atoms with Crippen LogP contribution < -0.4 is 5.73 Å². The molecule has 0 saturated carbocycles. The molecule has 1 rings (SSSR count). The van der Waals surface area contributed by atoms with Crippen molar-refractivity contribution >= 4 is 5.91 Å². The summed E-state index contributed by atoms with van der Waals surface area (Å²) >= 11 is 0. The molecule has 1 aliphatic heterocycles. The van der Waals surface area contributed by atoms with E-state index in [4.69, 9.17) is 5.73 Å². The fourth-order valence-electron chi connectivity index (χ4n) is 2.66. The molecular weight excluding hydrogens is 236 g/mol. The van der Waals surface area contributed by atoms with Crippen LogP contribution in [0.5, 0.6) is 0 Å². The number of carbonyl (C=O) groups excluding carboxylic acids is 1. The lowest BCUT2D eigenvalue weighted by molar-refractivity contribution is -0.143. The Morgan fingerprint density at radius 1 is 1.16 bits per heavy atom. The molecule has 2 N–H and O–H groups in total. The Balaban J connectivity index is 2.74. The van der Waals surface area contributed by atoms with E-state index in [1.54, 1.807) is 0 Å². The van der Waals surface area contributed by atoms with Crippen LogP contribution in [0, 0.1) is 17.3 Å². The number of amides is 1. The van der Waals surface area contributed by atoms with Crippen LogP contribution in [-0.4, -0.2) is 29.4 Å². The van der Waals surface area contributed by atoms with Crippen LogP contribution in [0.15, 0.2) is 0 Å². The van der Waals surface area contributed by atoms with Gasteiger partial charge >= 0.3 is 0 Å². The predicted octanol–water partition coefficient (Wildman–Crippen LogP) is 3.03. The lowest BCUT2D eigenvalue weighted by Gasteiger charge is -2.40. The van der Waals surface area contributed by atoms with Crippen molar-refractivity contribution in [1.29, 1.82) is 0 Å². The third kappa shape index (κ3) is 3.71. The molecule has 19 heavy (non-hydrogen) atoms. The maximum absolute atomic E-state index is 12.7. The maximum Gasteiger partial charge on any atom is 0.230 e. The average molecular weight is 268 g/mol. The Hall–Kier alpha value is -0.570. The first-order chi connectivity index (χ1) is 8.57. The molecule has 1 unspecified atom stereocenters. The number of rotatable bonds is 3. The molecule has 0 aliphatic carbocycles. The number of hydrogen-bond acceptors (Lipinski definition) is 2. The van der Waals surface area contributed by atoms with E-state index < -0.39 is 11.0 Å². The van der Waals surface area contributed by atoms with E-state index in [1.165, 1.54) is 6.42 Å². The van der Waals surface area contributed by atoms with Crippen molar-refractivity contribution in [2.24, 2.45) is 23.0 Å². The van der Waals surface area contributed by atoms with Gasteiger partial charge in [-0.05, 0) is 58.8 Å². The van der Waals surface area contributed by atoms with Crippen molar-refractivity contribution < 1.29 is 4.79 Å². The normalized spacial score (nSPS) is 22.5. The summed E-state index contributed by atoms with van der Waals surface area (Å²) in [7, 11) is 0. The maximum atomic E-state index is 12.7. The van der Waals surface area contributed by atoms with Gasteiger partial charge < -0.3 is 10.6 Å². The lowest BCUT2D eigenvalue weighted by Crippen LogP contribution is -2.56. The molecule has 0 radical (unpaired) electrons. The van der Waals surface area contributed by atoms with Gasteiger partial charge in [-0.15, -0.1) is 0 Å². The second-order valence-corrected chi connectivity index (χ2v) is 7.57. The Bertz CT molecular complexity index is 315. The molecular formula is C16H32N2O. The fourth-order valence-corrected chi connectivity index (χ4v) is 2.66. The van der Waals surface area contributed by atoms with Crippen molar-refractivity contribution in [3.8, 4) is 0 Å². The van der Waals surface area contributed by atoms with E-state index in [9.17, 15) is 4.79 Å². The molecule has 3 nitrogen and oxygen atoms in total. The summed E-state index contributed by atoms with van der Waals surface area (Å²) < 4.78 is 0. The molecule has 0 aromatic rings. The highest BCUT2D eigenvalue weighted by molar-refractivity contribution is 5.83. The van der Waals surface area contributed by atoms with E-state index >= 15 is 0 Å². The summed E-state index contributed by atoms with van der Waals surface area (Å²) in [5.41, 5.74) is 5.19. The zero-order valence-corrected chi connectivity index (χ0v) is 13.6. The number of carbonyl (C=O) groups is 1. The largest absolute Gasteiger partial charge is 0.342 e. The minimum atomic E-state index is -0.509. The van der Waals surface area contributed by atoms with Crippen LogP contribution in [-0.2, 0) is 4.79 Å². The highest BCUT2D eigenvalue weighted by Crippen LogP contribution is 2.32. The van der Waals surface area contributed by atoms with E-state index in [0.29, 0.717) is 5.92 Å². The molecule has 1 aliphatic rings. The summed E-state index contributed by atoms with van der Waals surface area (Å²) in [4.78, 5) is 14.8. The highest BCUT2D eigenvalue weighted by Gasteiger charge is 2.43. The molecule has 0 spiro atoms. The first-order valence-electron chi connectivity index (χ1n) is 7.65. The summed E-state index contributed by atoms with van der Waals surface area (Å²) in [6.45, 7) is 14.2. The summed E-state index contributed by atoms with van der Waals surface area (Å²) in [5.74, 6) is 1.69. The van der Waals surface area contributed by atoms with Crippen molar-refractivity contribution in [2.75, 3.05) is 13.1 Å². The topological polar surface area (TPSA) is 46.3 Å². The summed E-state index contributed by atoms with van der Waals surface area (Å²) in [5, 5.41) is 0. The third-order valence-electron chi connectivity index (χ3n) is 5.15. The monoisotopic (exact) mass is 268 g/mol. The quantitative estimate of drug-likeness (QED) is 0.855. The average Bonchev–Trinajstić information content (AvgIpc) is 2.51. The second-order valence-electron chi connectivity index (χ2n) is 7.57. The standard InChI is InChI=1S/C16H32N2O/c1-12(2)13-8-7-10-18(11-9-13)14(19)15(3,4)16(5,6)17/h12-13H,7-11,17H2,1-6H3. The minimum Gasteiger partial charge on any atom is -0.342 e. The summed E-state index contributed by atoms with van der Waals surface area (Å²) in [6, 6.07) is 0. The molecule has 0 aromatic heterocycles. The number of nitrogens with zero attached hydrogens (tertiary/aromatic N) is 1. The van der Waals surface area contributed by atoms with Crippen LogP contribution >= 0.6 is 0 Å². The zero-order valence-electron chi connectivity index (χ0n) is 13.6. The van der Waals surface area contributed by atoms with Gasteiger partial charge in [0.25, 0.3) is 0 Å². The van der Waals surface area contributed by atoms with Gasteiger partial charge in [0.2, 0.25) is 5.91 Å². The molecule has 1 saturated heterocycles. The Labute approximate surface area is 118 Å². The number of hydrogen-bond donors (Lipinski definition) is 1. The SMILES string of the molecule is CC(C)C1CCCN(C(=O)C(C)(C)C(C)(C)N)CC1. The predicted molar refractivity (Wildman–Crippen MR) is 80.8 cm³/mol. The van der Waals surface area contributed by atoms with Gasteiger partial charge in [-0.25, -0.2) is 0 Å². The smallest absolute Gasteiger partial charge is 0.230 e. The van der Waals surface area contributed by atoms with Gasteiger partial charge in [-0.3, -0.25) is 4.79 Å². The molecule has 3 heteroatoms. The van der Waals surface area contributed by atoms with E-state index in [1.807, 2.05) is 32.6 Å². The number of likely N-dealkylation sites (tertiary alicyclic amines) is 1. The van der Waals surface area contributed by atoms with Crippen molar-refractivity contribution in [3.63, 3.8) is 0 Å². The Morgan fingerprint density at radius 3 is 2.21 bits per heavy atom. The van der Waals surface area contributed by atoms with E-state index in [2.05, 4.69) is 13.8 Å². The molecule has 1 fully saturated rings. The zero-order chi connectivity index (χ0) is 14.8. The Morgan fingerprint density at radius 2 is 1.74 bits per heavy atom. The lowest BCUT2D eigenvalue weighted by atomic mass is 9.74. The van der Waals surface area contributed by atoms with Crippen LogP contribution in [0.25, 0.3) is 0 Å². The number of nitrogens with two attached hydrogens (primary N) is 1. The first-order valence-corrected chi connectivity index (χ1v) is 7.65. The Kier molecular flexibility index (Phi) is 5.05. The second kappa shape index (κ2) is 5.82. The fraction of sp³-hybridized carbons (Fsp3) is 0.938. The van der Waals surface area contributed by atoms with Gasteiger partial charge in [0.15, 0.2) is 0 Å². The molecule has 0 aromatic carbocycles. The molecule has 1 amide bonds.